The lowest BCUT2D eigenvalue weighted by Crippen LogP contribution is -1.91. The predicted octanol–water partition coefficient (Wildman–Crippen LogP) is 3.39. The van der Waals surface area contributed by atoms with Gasteiger partial charge in [0.05, 0.1) is 5.88 Å². The number of benzene rings is 1. The molecule has 2 nitrogen and oxygen atoms in total. The van der Waals surface area contributed by atoms with E-state index in [4.69, 9.17) is 23.2 Å². The minimum Gasteiger partial charge on any atom is -0.345 e. The minimum atomic E-state index is 0.454. The van der Waals surface area contributed by atoms with Crippen molar-refractivity contribution in [1.29, 1.82) is 0 Å². The Morgan fingerprint density at radius 2 is 2.07 bits per heavy atom. The van der Waals surface area contributed by atoms with Gasteiger partial charge >= 0.3 is 0 Å². The number of aromatic amines is 1. The predicted molar refractivity (Wildman–Crippen MR) is 62.4 cm³/mol. The van der Waals surface area contributed by atoms with Crippen molar-refractivity contribution >= 4 is 23.2 Å². The number of imidazole rings is 1. The third-order valence-electron chi connectivity index (χ3n) is 2.14. The van der Waals surface area contributed by atoms with Crippen molar-refractivity contribution in [3.63, 3.8) is 0 Å². The van der Waals surface area contributed by atoms with E-state index < -0.39 is 0 Å². The van der Waals surface area contributed by atoms with E-state index in [0.29, 0.717) is 12.3 Å². The van der Waals surface area contributed by atoms with Crippen LogP contribution in [0.5, 0.6) is 0 Å². The number of hydrogen-bond donors (Lipinski definition) is 1. The van der Waals surface area contributed by atoms with Crippen LogP contribution < -0.4 is 0 Å². The van der Waals surface area contributed by atoms with Crippen LogP contribution in [0, 0.1) is 0 Å². The highest BCUT2D eigenvalue weighted by atomic mass is 35.5. The third kappa shape index (κ3) is 2.52. The number of hydrogen-bond acceptors (Lipinski definition) is 1. The van der Waals surface area contributed by atoms with E-state index in [2.05, 4.69) is 9.97 Å². The zero-order valence-electron chi connectivity index (χ0n) is 8.00. The molecule has 1 aromatic carbocycles. The summed E-state index contributed by atoms with van der Waals surface area (Å²) in [5.41, 5.74) is 1.99. The smallest absolute Gasteiger partial charge is 0.110 e. The Hall–Kier alpha value is -0.990. The molecule has 0 fully saturated rings. The monoisotopic (exact) mass is 240 g/mol. The highest BCUT2D eigenvalue weighted by molar-refractivity contribution is 6.31. The number of rotatable bonds is 3. The summed E-state index contributed by atoms with van der Waals surface area (Å²) < 4.78 is 0. The number of aromatic nitrogens is 2. The molecule has 0 amide bonds. The van der Waals surface area contributed by atoms with Crippen molar-refractivity contribution in [2.75, 3.05) is 0 Å². The van der Waals surface area contributed by atoms with E-state index in [1.165, 1.54) is 0 Å². The van der Waals surface area contributed by atoms with Gasteiger partial charge in [0, 0.05) is 23.3 Å². The Labute approximate surface area is 98.3 Å². The second-order valence-electron chi connectivity index (χ2n) is 3.26. The van der Waals surface area contributed by atoms with E-state index in [1.54, 1.807) is 6.20 Å². The maximum atomic E-state index is 6.05. The molecular weight excluding hydrogens is 231 g/mol. The Balaban J connectivity index is 2.18. The minimum absolute atomic E-state index is 0.454. The molecule has 0 radical (unpaired) electrons. The zero-order chi connectivity index (χ0) is 10.7. The van der Waals surface area contributed by atoms with Crippen molar-refractivity contribution in [1.82, 2.24) is 9.97 Å². The number of halogens is 2. The maximum absolute atomic E-state index is 6.05. The van der Waals surface area contributed by atoms with Crippen molar-refractivity contribution in [2.45, 2.75) is 12.3 Å². The summed E-state index contributed by atoms with van der Waals surface area (Å²) in [5, 5.41) is 0.765. The van der Waals surface area contributed by atoms with E-state index in [-0.39, 0.29) is 0 Å². The van der Waals surface area contributed by atoms with Crippen molar-refractivity contribution in [2.24, 2.45) is 0 Å². The maximum Gasteiger partial charge on any atom is 0.110 e. The number of nitrogens with one attached hydrogen (secondary N) is 1. The van der Waals surface area contributed by atoms with E-state index >= 15 is 0 Å². The lowest BCUT2D eigenvalue weighted by atomic mass is 10.1. The summed E-state index contributed by atoms with van der Waals surface area (Å²) in [6.45, 7) is 0. The fraction of sp³-hybridized carbons (Fsp3) is 0.182. The number of alkyl halides is 1. The lowest BCUT2D eigenvalue weighted by molar-refractivity contribution is 1.01. The fourth-order valence-electron chi connectivity index (χ4n) is 1.39. The molecule has 78 valence electrons. The summed E-state index contributed by atoms with van der Waals surface area (Å²) in [6, 6.07) is 7.75. The Bertz CT molecular complexity index is 451. The van der Waals surface area contributed by atoms with Gasteiger partial charge in [-0.05, 0) is 11.6 Å². The zero-order valence-corrected chi connectivity index (χ0v) is 9.52. The molecule has 1 N–H and O–H groups in total. The molecule has 0 spiro atoms. The molecule has 0 aliphatic carbocycles. The topological polar surface area (TPSA) is 28.7 Å². The van der Waals surface area contributed by atoms with E-state index in [1.807, 2.05) is 24.3 Å². The highest BCUT2D eigenvalue weighted by Crippen LogP contribution is 2.17. The standard InChI is InChI=1S/C11H10Cl2N2/c12-6-9-7-14-11(15-9)5-8-3-1-2-4-10(8)13/h1-4,7H,5-6H2,(H,14,15). The summed E-state index contributed by atoms with van der Waals surface area (Å²) in [5.74, 6) is 1.34. The van der Waals surface area contributed by atoms with Crippen molar-refractivity contribution in [3.05, 3.63) is 52.6 Å². The molecule has 0 aliphatic rings. The molecule has 0 bridgehead atoms. The van der Waals surface area contributed by atoms with Gasteiger partial charge in [0.25, 0.3) is 0 Å². The number of nitrogens with zero attached hydrogens (tertiary/aromatic N) is 1. The Morgan fingerprint density at radius 1 is 1.27 bits per heavy atom. The van der Waals surface area contributed by atoms with Crippen LogP contribution in [0.1, 0.15) is 17.1 Å². The summed E-state index contributed by atoms with van der Waals surface area (Å²) in [7, 11) is 0. The molecule has 2 aromatic rings. The number of H-pyrrole nitrogens is 1. The van der Waals surface area contributed by atoms with Gasteiger partial charge in [-0.1, -0.05) is 29.8 Å². The van der Waals surface area contributed by atoms with Gasteiger partial charge in [-0.3, -0.25) is 0 Å². The summed E-state index contributed by atoms with van der Waals surface area (Å²) >= 11 is 11.7. The van der Waals surface area contributed by atoms with Crippen LogP contribution in [0.25, 0.3) is 0 Å². The third-order valence-corrected chi connectivity index (χ3v) is 2.80. The van der Waals surface area contributed by atoms with Gasteiger partial charge in [0.2, 0.25) is 0 Å². The van der Waals surface area contributed by atoms with Gasteiger partial charge in [0.15, 0.2) is 0 Å². The first-order chi connectivity index (χ1) is 7.29. The average molecular weight is 241 g/mol. The molecule has 1 heterocycles. The van der Waals surface area contributed by atoms with Gasteiger partial charge < -0.3 is 4.98 Å². The van der Waals surface area contributed by atoms with E-state index in [9.17, 15) is 0 Å². The normalized spacial score (nSPS) is 10.5. The van der Waals surface area contributed by atoms with Crippen LogP contribution in [-0.4, -0.2) is 9.97 Å². The molecule has 0 unspecified atom stereocenters. The Morgan fingerprint density at radius 3 is 2.73 bits per heavy atom. The van der Waals surface area contributed by atoms with Gasteiger partial charge in [-0.2, -0.15) is 0 Å². The van der Waals surface area contributed by atoms with Crippen molar-refractivity contribution < 1.29 is 0 Å². The van der Waals surface area contributed by atoms with Crippen molar-refractivity contribution in [3.8, 4) is 0 Å². The first-order valence-corrected chi connectivity index (χ1v) is 5.53. The fourth-order valence-corrected chi connectivity index (χ4v) is 1.72. The first kappa shape index (κ1) is 10.5. The molecule has 0 saturated carbocycles. The molecule has 0 aliphatic heterocycles. The molecule has 0 atom stereocenters. The lowest BCUT2D eigenvalue weighted by Gasteiger charge is -2.00. The molecule has 0 saturated heterocycles. The van der Waals surface area contributed by atoms with Gasteiger partial charge in [-0.15, -0.1) is 11.6 Å². The quantitative estimate of drug-likeness (QED) is 0.819. The van der Waals surface area contributed by atoms with Crippen LogP contribution in [0.15, 0.2) is 30.5 Å². The van der Waals surface area contributed by atoms with Crippen LogP contribution in [0.2, 0.25) is 5.02 Å². The summed E-state index contributed by atoms with van der Waals surface area (Å²) in [4.78, 5) is 7.36. The van der Waals surface area contributed by atoms with Gasteiger partial charge in [0.1, 0.15) is 5.82 Å². The molecule has 4 heteroatoms. The molecule has 15 heavy (non-hydrogen) atoms. The van der Waals surface area contributed by atoms with Gasteiger partial charge in [-0.25, -0.2) is 4.98 Å². The first-order valence-electron chi connectivity index (χ1n) is 4.61. The largest absolute Gasteiger partial charge is 0.345 e. The SMILES string of the molecule is ClCc1cnc(Cc2ccccc2Cl)[nH]1. The van der Waals surface area contributed by atoms with Crippen LogP contribution >= 0.6 is 23.2 Å². The molecule has 1 aromatic heterocycles. The Kier molecular flexibility index (Phi) is 3.29. The second kappa shape index (κ2) is 4.69. The van der Waals surface area contributed by atoms with Crippen LogP contribution in [-0.2, 0) is 12.3 Å². The molecular formula is C11H10Cl2N2. The second-order valence-corrected chi connectivity index (χ2v) is 3.93. The van der Waals surface area contributed by atoms with Crippen LogP contribution in [0.4, 0.5) is 0 Å². The summed E-state index contributed by atoms with van der Waals surface area (Å²) in [6.07, 6.45) is 2.45. The molecule has 2 rings (SSSR count). The van der Waals surface area contributed by atoms with Crippen LogP contribution in [0.3, 0.4) is 0 Å². The highest BCUT2D eigenvalue weighted by Gasteiger charge is 2.04. The average Bonchev–Trinajstić information content (AvgIpc) is 2.69. The van der Waals surface area contributed by atoms with E-state index in [0.717, 1.165) is 22.1 Å².